The van der Waals surface area contributed by atoms with E-state index < -0.39 is 0 Å². The molecule has 106 valence electrons. The number of nitrogen functional groups attached to an aromatic ring is 1. The number of aliphatic hydroxyl groups excluding tert-OH is 1. The molecule has 2 aromatic rings. The van der Waals surface area contributed by atoms with Crippen LogP contribution in [-0.4, -0.2) is 19.2 Å². The van der Waals surface area contributed by atoms with Crippen LogP contribution >= 0.6 is 0 Å². The van der Waals surface area contributed by atoms with Gasteiger partial charge in [0, 0.05) is 31.0 Å². The van der Waals surface area contributed by atoms with E-state index in [2.05, 4.69) is 10.9 Å². The third kappa shape index (κ3) is 3.33. The molecule has 0 radical (unpaired) electrons. The van der Waals surface area contributed by atoms with Crippen molar-refractivity contribution in [1.82, 2.24) is 0 Å². The van der Waals surface area contributed by atoms with Gasteiger partial charge in [-0.3, -0.25) is 0 Å². The van der Waals surface area contributed by atoms with Gasteiger partial charge in [0.2, 0.25) is 0 Å². The number of anilines is 4. The van der Waals surface area contributed by atoms with Gasteiger partial charge in [0.25, 0.3) is 0 Å². The van der Waals surface area contributed by atoms with E-state index in [9.17, 15) is 5.11 Å². The third-order valence-electron chi connectivity index (χ3n) is 3.00. The highest BCUT2D eigenvalue weighted by Gasteiger charge is 2.04. The van der Waals surface area contributed by atoms with Crippen LogP contribution in [0, 0.1) is 0 Å². The first-order valence-electron chi connectivity index (χ1n) is 6.39. The van der Waals surface area contributed by atoms with Crippen LogP contribution in [0.5, 0.6) is 0 Å². The van der Waals surface area contributed by atoms with Gasteiger partial charge in [-0.15, -0.1) is 0 Å². The molecular formula is C15H20N4O. The Morgan fingerprint density at radius 1 is 1.10 bits per heavy atom. The summed E-state index contributed by atoms with van der Waals surface area (Å²) in [6.45, 7) is -0.0252. The number of hydrazine groups is 1. The van der Waals surface area contributed by atoms with Crippen LogP contribution in [0.3, 0.4) is 0 Å². The molecule has 0 unspecified atom stereocenters. The zero-order valence-corrected chi connectivity index (χ0v) is 11.7. The van der Waals surface area contributed by atoms with E-state index in [-0.39, 0.29) is 6.61 Å². The third-order valence-corrected chi connectivity index (χ3v) is 3.00. The standard InChI is InChI=1S/C15H20N4O/c1-19(2)14-6-7-15(11(8-14)10-20)18-17-13-5-3-4-12(16)9-13/h3-9,17-18,20H,10,16H2,1-2H3. The van der Waals surface area contributed by atoms with Crippen LogP contribution in [0.15, 0.2) is 42.5 Å². The lowest BCUT2D eigenvalue weighted by molar-refractivity contribution is 0.282. The summed E-state index contributed by atoms with van der Waals surface area (Å²) in [5, 5.41) is 9.46. The molecule has 2 aromatic carbocycles. The fourth-order valence-electron chi connectivity index (χ4n) is 1.87. The lowest BCUT2D eigenvalue weighted by atomic mass is 10.1. The van der Waals surface area contributed by atoms with E-state index in [0.29, 0.717) is 5.69 Å². The van der Waals surface area contributed by atoms with Gasteiger partial charge in [0.05, 0.1) is 18.0 Å². The number of nitrogens with zero attached hydrogens (tertiary/aromatic N) is 1. The highest BCUT2D eigenvalue weighted by Crippen LogP contribution is 2.22. The minimum atomic E-state index is -0.0252. The van der Waals surface area contributed by atoms with Gasteiger partial charge >= 0.3 is 0 Å². The van der Waals surface area contributed by atoms with Gasteiger partial charge in [-0.1, -0.05) is 6.07 Å². The summed E-state index contributed by atoms with van der Waals surface area (Å²) in [6, 6.07) is 13.3. The number of nitrogens with one attached hydrogen (secondary N) is 2. The van der Waals surface area contributed by atoms with Crippen LogP contribution in [0.1, 0.15) is 5.56 Å². The van der Waals surface area contributed by atoms with Gasteiger partial charge in [-0.25, -0.2) is 0 Å². The Morgan fingerprint density at radius 2 is 1.90 bits per heavy atom. The van der Waals surface area contributed by atoms with Crippen molar-refractivity contribution in [3.05, 3.63) is 48.0 Å². The Balaban J connectivity index is 2.13. The molecule has 0 aliphatic rings. The Kier molecular flexibility index (Phi) is 4.32. The molecule has 5 N–H and O–H groups in total. The van der Waals surface area contributed by atoms with E-state index in [4.69, 9.17) is 5.73 Å². The summed E-state index contributed by atoms with van der Waals surface area (Å²) >= 11 is 0. The average molecular weight is 272 g/mol. The van der Waals surface area contributed by atoms with Crippen LogP contribution in [0.2, 0.25) is 0 Å². The van der Waals surface area contributed by atoms with E-state index in [1.165, 1.54) is 0 Å². The lowest BCUT2D eigenvalue weighted by Gasteiger charge is -2.17. The fourth-order valence-corrected chi connectivity index (χ4v) is 1.87. The van der Waals surface area contributed by atoms with Gasteiger partial charge in [-0.2, -0.15) is 0 Å². The predicted molar refractivity (Wildman–Crippen MR) is 84.8 cm³/mol. The number of nitrogens with two attached hydrogens (primary N) is 1. The molecule has 0 atom stereocenters. The summed E-state index contributed by atoms with van der Waals surface area (Å²) in [6.07, 6.45) is 0. The Morgan fingerprint density at radius 3 is 2.55 bits per heavy atom. The zero-order chi connectivity index (χ0) is 14.5. The highest BCUT2D eigenvalue weighted by molar-refractivity contribution is 5.63. The number of benzene rings is 2. The van der Waals surface area contributed by atoms with Gasteiger partial charge in [0.15, 0.2) is 0 Å². The van der Waals surface area contributed by atoms with Crippen molar-refractivity contribution in [2.45, 2.75) is 6.61 Å². The maximum atomic E-state index is 9.46. The highest BCUT2D eigenvalue weighted by atomic mass is 16.3. The quantitative estimate of drug-likeness (QED) is 0.496. The monoisotopic (exact) mass is 272 g/mol. The predicted octanol–water partition coefficient (Wildman–Crippen LogP) is 2.27. The number of hydrogen-bond donors (Lipinski definition) is 4. The summed E-state index contributed by atoms with van der Waals surface area (Å²) in [7, 11) is 3.93. The molecular weight excluding hydrogens is 252 g/mol. The van der Waals surface area contributed by atoms with Crippen LogP contribution < -0.4 is 21.5 Å². The van der Waals surface area contributed by atoms with E-state index in [1.807, 2.05) is 61.5 Å². The molecule has 0 bridgehead atoms. The van der Waals surface area contributed by atoms with Crippen molar-refractivity contribution in [3.8, 4) is 0 Å². The fraction of sp³-hybridized carbons (Fsp3) is 0.200. The van der Waals surface area contributed by atoms with Crippen molar-refractivity contribution in [2.75, 3.05) is 35.6 Å². The molecule has 0 spiro atoms. The number of hydrogen-bond acceptors (Lipinski definition) is 5. The Labute approximate surface area is 119 Å². The van der Waals surface area contributed by atoms with E-state index in [1.54, 1.807) is 0 Å². The van der Waals surface area contributed by atoms with Crippen LogP contribution in [-0.2, 0) is 6.61 Å². The summed E-state index contributed by atoms with van der Waals surface area (Å²) in [4.78, 5) is 1.99. The largest absolute Gasteiger partial charge is 0.399 e. The number of aliphatic hydroxyl groups is 1. The van der Waals surface area contributed by atoms with Crippen molar-refractivity contribution in [3.63, 3.8) is 0 Å². The molecule has 0 aliphatic heterocycles. The van der Waals surface area contributed by atoms with Gasteiger partial charge in [-0.05, 0) is 36.4 Å². The molecule has 0 amide bonds. The van der Waals surface area contributed by atoms with E-state index in [0.717, 1.165) is 22.6 Å². The normalized spacial score (nSPS) is 10.2. The topological polar surface area (TPSA) is 73.5 Å². The van der Waals surface area contributed by atoms with Crippen molar-refractivity contribution >= 4 is 22.7 Å². The Bertz CT molecular complexity index is 584. The first-order chi connectivity index (χ1) is 9.60. The van der Waals surface area contributed by atoms with Crippen molar-refractivity contribution < 1.29 is 5.11 Å². The van der Waals surface area contributed by atoms with Crippen molar-refractivity contribution in [2.24, 2.45) is 0 Å². The number of rotatable bonds is 5. The first-order valence-corrected chi connectivity index (χ1v) is 6.39. The maximum absolute atomic E-state index is 9.46. The zero-order valence-electron chi connectivity index (χ0n) is 11.7. The first kappa shape index (κ1) is 14.0. The molecule has 0 heterocycles. The molecule has 2 rings (SSSR count). The second-order valence-electron chi connectivity index (χ2n) is 4.77. The van der Waals surface area contributed by atoms with Crippen LogP contribution in [0.4, 0.5) is 22.7 Å². The Hall–Kier alpha value is -2.40. The summed E-state index contributed by atoms with van der Waals surface area (Å²) < 4.78 is 0. The van der Waals surface area contributed by atoms with Crippen molar-refractivity contribution in [1.29, 1.82) is 0 Å². The lowest BCUT2D eigenvalue weighted by Crippen LogP contribution is -2.13. The van der Waals surface area contributed by atoms with Gasteiger partial charge in [0.1, 0.15) is 0 Å². The minimum Gasteiger partial charge on any atom is -0.399 e. The molecule has 0 aliphatic carbocycles. The second kappa shape index (κ2) is 6.16. The summed E-state index contributed by atoms with van der Waals surface area (Å²) in [5.41, 5.74) is 16.2. The summed E-state index contributed by atoms with van der Waals surface area (Å²) in [5.74, 6) is 0. The molecule has 0 fully saturated rings. The molecule has 20 heavy (non-hydrogen) atoms. The average Bonchev–Trinajstić information content (AvgIpc) is 2.45. The molecule has 5 nitrogen and oxygen atoms in total. The van der Waals surface area contributed by atoms with Gasteiger partial charge < -0.3 is 26.6 Å². The molecule has 0 aromatic heterocycles. The SMILES string of the molecule is CN(C)c1ccc(NNc2cccc(N)c2)c(CO)c1. The van der Waals surface area contributed by atoms with Crippen LogP contribution in [0.25, 0.3) is 0 Å². The second-order valence-corrected chi connectivity index (χ2v) is 4.77. The molecule has 0 saturated heterocycles. The maximum Gasteiger partial charge on any atom is 0.0703 e. The minimum absolute atomic E-state index is 0.0252. The van der Waals surface area contributed by atoms with E-state index >= 15 is 0 Å². The molecule has 5 heteroatoms. The molecule has 0 saturated carbocycles. The smallest absolute Gasteiger partial charge is 0.0703 e.